The van der Waals surface area contributed by atoms with Crippen molar-refractivity contribution in [2.24, 2.45) is 11.7 Å². The zero-order valence-electron chi connectivity index (χ0n) is 16.6. The van der Waals surface area contributed by atoms with E-state index in [9.17, 15) is 9.59 Å². The molecular formula is C21H32ClN3O3. The second-order valence-electron chi connectivity index (χ2n) is 7.65. The third kappa shape index (κ3) is 5.61. The summed E-state index contributed by atoms with van der Waals surface area (Å²) < 4.78 is 5.86. The van der Waals surface area contributed by atoms with Crippen molar-refractivity contribution in [2.75, 3.05) is 19.7 Å². The first-order chi connectivity index (χ1) is 13.1. The number of likely N-dealkylation sites (tertiary alicyclic amines) is 1. The van der Waals surface area contributed by atoms with Crippen LogP contribution in [0.3, 0.4) is 0 Å². The Morgan fingerprint density at radius 1 is 1.25 bits per heavy atom. The third-order valence-electron chi connectivity index (χ3n) is 5.67. The molecule has 1 aromatic rings. The largest absolute Gasteiger partial charge is 0.483 e. The zero-order valence-corrected chi connectivity index (χ0v) is 17.4. The average Bonchev–Trinajstić information content (AvgIpc) is 3.36. The predicted molar refractivity (Wildman–Crippen MR) is 111 cm³/mol. The number of nitrogens with zero attached hydrogens (tertiary/aromatic N) is 1. The highest BCUT2D eigenvalue weighted by Gasteiger charge is 2.29. The van der Waals surface area contributed by atoms with Gasteiger partial charge in [-0.15, -0.1) is 12.4 Å². The molecule has 2 amide bonds. The van der Waals surface area contributed by atoms with Crippen molar-refractivity contribution in [2.45, 2.75) is 57.5 Å². The van der Waals surface area contributed by atoms with Gasteiger partial charge in [0.15, 0.2) is 6.61 Å². The minimum atomic E-state index is -0.132. The minimum absolute atomic E-state index is 0. The average molecular weight is 410 g/mol. The van der Waals surface area contributed by atoms with Crippen LogP contribution in [-0.4, -0.2) is 42.5 Å². The van der Waals surface area contributed by atoms with Crippen molar-refractivity contribution < 1.29 is 14.3 Å². The van der Waals surface area contributed by atoms with E-state index >= 15 is 0 Å². The van der Waals surface area contributed by atoms with Gasteiger partial charge in [0.2, 0.25) is 5.91 Å². The van der Waals surface area contributed by atoms with Crippen LogP contribution < -0.4 is 15.8 Å². The molecule has 2 aliphatic rings. The zero-order chi connectivity index (χ0) is 19.2. The molecule has 3 rings (SSSR count). The lowest BCUT2D eigenvalue weighted by atomic mass is 10.0. The molecular weight excluding hydrogens is 378 g/mol. The van der Waals surface area contributed by atoms with Crippen molar-refractivity contribution in [3.05, 3.63) is 29.8 Å². The highest BCUT2D eigenvalue weighted by atomic mass is 35.5. The fourth-order valence-electron chi connectivity index (χ4n) is 4.04. The number of carbonyl (C=O) groups excluding carboxylic acids is 2. The molecule has 1 heterocycles. The van der Waals surface area contributed by atoms with E-state index in [2.05, 4.69) is 5.32 Å². The van der Waals surface area contributed by atoms with Gasteiger partial charge in [-0.25, -0.2) is 0 Å². The van der Waals surface area contributed by atoms with E-state index in [0.717, 1.165) is 57.2 Å². The summed E-state index contributed by atoms with van der Waals surface area (Å²) in [6.07, 6.45) is 5.41. The van der Waals surface area contributed by atoms with Crippen LogP contribution in [0.5, 0.6) is 5.75 Å². The Kier molecular flexibility index (Phi) is 8.58. The molecule has 1 aliphatic heterocycles. The number of nitrogens with one attached hydrogen (secondary N) is 1. The van der Waals surface area contributed by atoms with E-state index < -0.39 is 0 Å². The van der Waals surface area contributed by atoms with Crippen LogP contribution in [0.4, 0.5) is 0 Å². The first kappa shape index (κ1) is 22.5. The number of rotatable bonds is 7. The quantitative estimate of drug-likeness (QED) is 0.725. The molecule has 1 aromatic carbocycles. The molecule has 0 bridgehead atoms. The van der Waals surface area contributed by atoms with Gasteiger partial charge in [-0.3, -0.25) is 9.59 Å². The Hall–Kier alpha value is -1.79. The molecule has 1 saturated carbocycles. The SMILES string of the molecule is CCC(NC(=O)C1CCC(N)C1)c1ccccc1OCC(=O)N1CCCC1.Cl. The number of nitrogens with two attached hydrogens (primary N) is 1. The maximum absolute atomic E-state index is 12.6. The number of carbonyl (C=O) groups is 2. The normalized spacial score (nSPS) is 22.4. The maximum Gasteiger partial charge on any atom is 0.260 e. The smallest absolute Gasteiger partial charge is 0.260 e. The van der Waals surface area contributed by atoms with E-state index in [4.69, 9.17) is 10.5 Å². The van der Waals surface area contributed by atoms with Gasteiger partial charge in [-0.1, -0.05) is 25.1 Å². The van der Waals surface area contributed by atoms with Crippen LogP contribution in [0.1, 0.15) is 57.1 Å². The van der Waals surface area contributed by atoms with Gasteiger partial charge in [-0.05, 0) is 44.6 Å². The van der Waals surface area contributed by atoms with Gasteiger partial charge in [0, 0.05) is 30.6 Å². The Balaban J connectivity index is 0.00000280. The minimum Gasteiger partial charge on any atom is -0.483 e. The van der Waals surface area contributed by atoms with Crippen molar-refractivity contribution in [1.82, 2.24) is 10.2 Å². The molecule has 28 heavy (non-hydrogen) atoms. The first-order valence-electron chi connectivity index (χ1n) is 10.1. The fraction of sp³-hybridized carbons (Fsp3) is 0.619. The molecule has 3 atom stereocenters. The van der Waals surface area contributed by atoms with E-state index in [1.807, 2.05) is 36.1 Å². The second-order valence-corrected chi connectivity index (χ2v) is 7.65. The molecule has 3 unspecified atom stereocenters. The van der Waals surface area contributed by atoms with Crippen LogP contribution in [0.15, 0.2) is 24.3 Å². The summed E-state index contributed by atoms with van der Waals surface area (Å²) in [5.41, 5.74) is 6.87. The highest BCUT2D eigenvalue weighted by molar-refractivity contribution is 5.85. The molecule has 6 nitrogen and oxygen atoms in total. The molecule has 156 valence electrons. The fourth-order valence-corrected chi connectivity index (χ4v) is 4.04. The number of para-hydroxylation sites is 1. The maximum atomic E-state index is 12.6. The molecule has 0 radical (unpaired) electrons. The Bertz CT molecular complexity index is 664. The van der Waals surface area contributed by atoms with Crippen LogP contribution >= 0.6 is 12.4 Å². The topological polar surface area (TPSA) is 84.7 Å². The second kappa shape index (κ2) is 10.7. The number of benzene rings is 1. The van der Waals surface area contributed by atoms with Gasteiger partial charge in [0.25, 0.3) is 5.91 Å². The summed E-state index contributed by atoms with van der Waals surface area (Å²) >= 11 is 0. The van der Waals surface area contributed by atoms with Gasteiger partial charge in [-0.2, -0.15) is 0 Å². The lowest BCUT2D eigenvalue weighted by molar-refractivity contribution is -0.132. The lowest BCUT2D eigenvalue weighted by Gasteiger charge is -2.23. The van der Waals surface area contributed by atoms with E-state index in [-0.39, 0.29) is 48.8 Å². The predicted octanol–water partition coefficient (Wildman–Crippen LogP) is 2.80. The number of halogens is 1. The number of hydrogen-bond donors (Lipinski definition) is 2. The summed E-state index contributed by atoms with van der Waals surface area (Å²) in [4.78, 5) is 26.7. The number of ether oxygens (including phenoxy) is 1. The van der Waals surface area contributed by atoms with Crippen molar-refractivity contribution in [3.8, 4) is 5.75 Å². The van der Waals surface area contributed by atoms with E-state index in [1.165, 1.54) is 0 Å². The molecule has 3 N–H and O–H groups in total. The van der Waals surface area contributed by atoms with Gasteiger partial charge < -0.3 is 20.7 Å². The number of hydrogen-bond acceptors (Lipinski definition) is 4. The van der Waals surface area contributed by atoms with Crippen molar-refractivity contribution >= 4 is 24.2 Å². The van der Waals surface area contributed by atoms with Gasteiger partial charge in [0.1, 0.15) is 5.75 Å². The van der Waals surface area contributed by atoms with E-state index in [1.54, 1.807) is 0 Å². The van der Waals surface area contributed by atoms with Crippen LogP contribution in [0, 0.1) is 5.92 Å². The molecule has 0 spiro atoms. The summed E-state index contributed by atoms with van der Waals surface area (Å²) in [7, 11) is 0. The monoisotopic (exact) mass is 409 g/mol. The first-order valence-corrected chi connectivity index (χ1v) is 10.1. The molecule has 1 aliphatic carbocycles. The van der Waals surface area contributed by atoms with Gasteiger partial charge in [0.05, 0.1) is 6.04 Å². The number of amides is 2. The van der Waals surface area contributed by atoms with Crippen molar-refractivity contribution in [3.63, 3.8) is 0 Å². The summed E-state index contributed by atoms with van der Waals surface area (Å²) in [5, 5.41) is 3.16. The van der Waals surface area contributed by atoms with Crippen molar-refractivity contribution in [1.29, 1.82) is 0 Å². The Morgan fingerprint density at radius 3 is 2.61 bits per heavy atom. The van der Waals surface area contributed by atoms with Gasteiger partial charge >= 0.3 is 0 Å². The summed E-state index contributed by atoms with van der Waals surface area (Å²) in [5.74, 6) is 0.760. The summed E-state index contributed by atoms with van der Waals surface area (Å²) in [6.45, 7) is 3.72. The summed E-state index contributed by atoms with van der Waals surface area (Å²) in [6, 6.07) is 7.66. The Morgan fingerprint density at radius 2 is 1.96 bits per heavy atom. The van der Waals surface area contributed by atoms with Crippen LogP contribution in [0.2, 0.25) is 0 Å². The Labute approximate surface area is 173 Å². The molecule has 2 fully saturated rings. The van der Waals surface area contributed by atoms with Crippen LogP contribution in [0.25, 0.3) is 0 Å². The molecule has 0 aromatic heterocycles. The lowest BCUT2D eigenvalue weighted by Crippen LogP contribution is -2.34. The van der Waals surface area contributed by atoms with Crippen LogP contribution in [-0.2, 0) is 9.59 Å². The standard InChI is InChI=1S/C21H31N3O3.ClH/c1-2-18(23-21(26)15-9-10-16(22)13-15)17-7-3-4-8-19(17)27-14-20(25)24-11-5-6-12-24;/h3-4,7-8,15-16,18H,2,5-6,9-14,22H2,1H3,(H,23,26);1H. The highest BCUT2D eigenvalue weighted by Crippen LogP contribution is 2.30. The molecule has 1 saturated heterocycles. The third-order valence-corrected chi connectivity index (χ3v) is 5.67. The molecule has 7 heteroatoms. The van der Waals surface area contributed by atoms with E-state index in [0.29, 0.717) is 5.75 Å².